The third-order valence-corrected chi connectivity index (χ3v) is 4.71. The SMILES string of the molecule is C[C@@H]1CN(C[C@@H](C#N)CCC#N)CCN1C[C@H](O)c1ccccc1. The Hall–Kier alpha value is -1.92. The molecule has 3 atom stereocenters. The van der Waals surface area contributed by atoms with Crippen LogP contribution in [0.25, 0.3) is 0 Å². The fourth-order valence-electron chi connectivity index (χ4n) is 3.26. The van der Waals surface area contributed by atoms with E-state index in [0.29, 0.717) is 25.4 Å². The summed E-state index contributed by atoms with van der Waals surface area (Å²) in [6.07, 6.45) is 0.619. The molecule has 1 N–H and O–H groups in total. The van der Waals surface area contributed by atoms with Gasteiger partial charge in [-0.15, -0.1) is 0 Å². The van der Waals surface area contributed by atoms with Gasteiger partial charge in [0.15, 0.2) is 0 Å². The first-order chi connectivity index (χ1) is 11.6. The van der Waals surface area contributed by atoms with E-state index in [9.17, 15) is 10.4 Å². The van der Waals surface area contributed by atoms with E-state index in [1.807, 2.05) is 30.3 Å². The molecule has 1 aromatic carbocycles. The molecule has 24 heavy (non-hydrogen) atoms. The lowest BCUT2D eigenvalue weighted by Gasteiger charge is -2.41. The van der Waals surface area contributed by atoms with Crippen LogP contribution in [0.4, 0.5) is 0 Å². The van der Waals surface area contributed by atoms with Crippen LogP contribution < -0.4 is 0 Å². The van der Waals surface area contributed by atoms with Gasteiger partial charge in [0.05, 0.1) is 24.2 Å². The molecule has 5 nitrogen and oxygen atoms in total. The summed E-state index contributed by atoms with van der Waals surface area (Å²) in [6, 6.07) is 14.5. The topological polar surface area (TPSA) is 74.3 Å². The predicted molar refractivity (Wildman–Crippen MR) is 92.8 cm³/mol. The third kappa shape index (κ3) is 5.32. The molecule has 2 rings (SSSR count). The third-order valence-electron chi connectivity index (χ3n) is 4.71. The van der Waals surface area contributed by atoms with Crippen LogP contribution >= 0.6 is 0 Å². The van der Waals surface area contributed by atoms with Gasteiger partial charge in [0.25, 0.3) is 0 Å². The van der Waals surface area contributed by atoms with E-state index < -0.39 is 6.10 Å². The zero-order chi connectivity index (χ0) is 17.4. The van der Waals surface area contributed by atoms with Crippen LogP contribution in [0.3, 0.4) is 0 Å². The van der Waals surface area contributed by atoms with Gasteiger partial charge in [-0.05, 0) is 18.9 Å². The van der Waals surface area contributed by atoms with Crippen molar-refractivity contribution in [3.05, 3.63) is 35.9 Å². The Morgan fingerprint density at radius 2 is 1.96 bits per heavy atom. The Labute approximate surface area is 144 Å². The number of rotatable bonds is 7. The number of benzene rings is 1. The molecule has 1 aliphatic heterocycles. The van der Waals surface area contributed by atoms with Gasteiger partial charge >= 0.3 is 0 Å². The molecule has 128 valence electrons. The minimum atomic E-state index is -0.470. The highest BCUT2D eigenvalue weighted by Crippen LogP contribution is 2.19. The summed E-state index contributed by atoms with van der Waals surface area (Å²) in [6.45, 7) is 6.22. The smallest absolute Gasteiger partial charge is 0.0917 e. The molecule has 1 fully saturated rings. The summed E-state index contributed by atoms with van der Waals surface area (Å²) in [5, 5.41) is 28.3. The van der Waals surface area contributed by atoms with Crippen molar-refractivity contribution in [2.75, 3.05) is 32.7 Å². The molecule has 0 unspecified atom stereocenters. The van der Waals surface area contributed by atoms with Crippen LogP contribution in [0.1, 0.15) is 31.4 Å². The van der Waals surface area contributed by atoms with Gasteiger partial charge in [-0.2, -0.15) is 10.5 Å². The van der Waals surface area contributed by atoms with E-state index in [2.05, 4.69) is 28.9 Å². The van der Waals surface area contributed by atoms with Gasteiger partial charge in [-0.3, -0.25) is 9.80 Å². The second-order valence-corrected chi connectivity index (χ2v) is 6.55. The first-order valence-corrected chi connectivity index (χ1v) is 8.60. The van der Waals surface area contributed by atoms with Gasteiger partial charge in [-0.1, -0.05) is 30.3 Å². The summed E-state index contributed by atoms with van der Waals surface area (Å²) in [4.78, 5) is 4.62. The second kappa shape index (κ2) is 9.39. The van der Waals surface area contributed by atoms with E-state index in [0.717, 1.165) is 31.7 Å². The highest BCUT2D eigenvalue weighted by Gasteiger charge is 2.26. The molecule has 1 aliphatic rings. The number of hydrogen-bond acceptors (Lipinski definition) is 5. The van der Waals surface area contributed by atoms with Gasteiger partial charge in [0.1, 0.15) is 0 Å². The highest BCUT2D eigenvalue weighted by atomic mass is 16.3. The van der Waals surface area contributed by atoms with Gasteiger partial charge in [0.2, 0.25) is 0 Å². The van der Waals surface area contributed by atoms with Gasteiger partial charge in [0, 0.05) is 45.2 Å². The maximum absolute atomic E-state index is 10.4. The average Bonchev–Trinajstić information content (AvgIpc) is 2.61. The number of piperazine rings is 1. The van der Waals surface area contributed by atoms with Gasteiger partial charge < -0.3 is 5.11 Å². The zero-order valence-corrected chi connectivity index (χ0v) is 14.3. The lowest BCUT2D eigenvalue weighted by Crippen LogP contribution is -2.53. The molecule has 0 aliphatic carbocycles. The molecule has 1 saturated heterocycles. The molecular weight excluding hydrogens is 300 g/mol. The maximum atomic E-state index is 10.4. The molecular formula is C19H26N4O. The van der Waals surface area contributed by atoms with Crippen molar-refractivity contribution in [1.29, 1.82) is 10.5 Å². The van der Waals surface area contributed by atoms with Crippen LogP contribution in [0.15, 0.2) is 30.3 Å². The van der Waals surface area contributed by atoms with Crippen LogP contribution in [-0.2, 0) is 0 Å². The van der Waals surface area contributed by atoms with Crippen LogP contribution in [0, 0.1) is 28.6 Å². The van der Waals surface area contributed by atoms with Crippen molar-refractivity contribution in [3.63, 3.8) is 0 Å². The molecule has 0 radical (unpaired) electrons. The summed E-state index contributed by atoms with van der Waals surface area (Å²) >= 11 is 0. The van der Waals surface area contributed by atoms with E-state index in [4.69, 9.17) is 5.26 Å². The summed E-state index contributed by atoms with van der Waals surface area (Å²) in [7, 11) is 0. The summed E-state index contributed by atoms with van der Waals surface area (Å²) in [5.74, 6) is -0.0710. The second-order valence-electron chi connectivity index (χ2n) is 6.55. The number of nitriles is 2. The number of nitrogens with zero attached hydrogens (tertiary/aromatic N) is 4. The number of aliphatic hydroxyl groups is 1. The van der Waals surface area contributed by atoms with Crippen LogP contribution in [-0.4, -0.2) is 53.7 Å². The lowest BCUT2D eigenvalue weighted by molar-refractivity contribution is 0.0356. The Kier molecular flexibility index (Phi) is 7.21. The summed E-state index contributed by atoms with van der Waals surface area (Å²) in [5.41, 5.74) is 0.952. The van der Waals surface area contributed by atoms with Crippen molar-refractivity contribution in [2.24, 2.45) is 5.92 Å². The average molecular weight is 326 g/mol. The first-order valence-electron chi connectivity index (χ1n) is 8.60. The standard InChI is InChI=1S/C19H26N4O/c1-16-13-22(14-17(12-21)6-5-9-20)10-11-23(16)15-19(24)18-7-3-2-4-8-18/h2-4,7-8,16-17,19,24H,5-6,10-11,13-15H2,1H3/t16-,17-,19+/m1/s1. The largest absolute Gasteiger partial charge is 0.387 e. The van der Waals surface area contributed by atoms with Crippen molar-refractivity contribution < 1.29 is 5.11 Å². The van der Waals surface area contributed by atoms with Crippen molar-refractivity contribution in [2.45, 2.75) is 31.9 Å². The quantitative estimate of drug-likeness (QED) is 0.831. The fraction of sp³-hybridized carbons (Fsp3) is 0.579. The number of β-amino-alcohol motifs (C(OH)–C–C–N with tert-alkyl or cyclic N) is 1. The number of hydrogen-bond donors (Lipinski definition) is 1. The number of aliphatic hydroxyl groups excluding tert-OH is 1. The Morgan fingerprint density at radius 1 is 1.21 bits per heavy atom. The Morgan fingerprint density at radius 3 is 2.58 bits per heavy atom. The first kappa shape index (κ1) is 18.4. The Balaban J connectivity index is 1.82. The molecule has 0 saturated carbocycles. The zero-order valence-electron chi connectivity index (χ0n) is 14.3. The van der Waals surface area contributed by atoms with E-state index >= 15 is 0 Å². The monoisotopic (exact) mass is 326 g/mol. The molecule has 0 spiro atoms. The maximum Gasteiger partial charge on any atom is 0.0917 e. The van der Waals surface area contributed by atoms with Crippen LogP contribution in [0.5, 0.6) is 0 Å². The minimum Gasteiger partial charge on any atom is -0.387 e. The van der Waals surface area contributed by atoms with E-state index in [-0.39, 0.29) is 5.92 Å². The highest BCUT2D eigenvalue weighted by molar-refractivity contribution is 5.17. The molecule has 0 bridgehead atoms. The fourth-order valence-corrected chi connectivity index (χ4v) is 3.26. The van der Waals surface area contributed by atoms with Crippen molar-refractivity contribution in [3.8, 4) is 12.1 Å². The molecule has 1 heterocycles. The molecule has 0 aromatic heterocycles. The van der Waals surface area contributed by atoms with Gasteiger partial charge in [-0.25, -0.2) is 0 Å². The molecule has 1 aromatic rings. The molecule has 0 amide bonds. The van der Waals surface area contributed by atoms with E-state index in [1.54, 1.807) is 0 Å². The normalized spacial score (nSPS) is 21.6. The Bertz CT molecular complexity index is 577. The van der Waals surface area contributed by atoms with Crippen LogP contribution in [0.2, 0.25) is 0 Å². The summed E-state index contributed by atoms with van der Waals surface area (Å²) < 4.78 is 0. The molecule has 5 heteroatoms. The minimum absolute atomic E-state index is 0.0710. The predicted octanol–water partition coefficient (Wildman–Crippen LogP) is 2.17. The van der Waals surface area contributed by atoms with Crippen molar-refractivity contribution >= 4 is 0 Å². The van der Waals surface area contributed by atoms with E-state index in [1.165, 1.54) is 0 Å². The lowest BCUT2D eigenvalue weighted by atomic mass is 10.0. The van der Waals surface area contributed by atoms with Crippen molar-refractivity contribution in [1.82, 2.24) is 9.80 Å².